The summed E-state index contributed by atoms with van der Waals surface area (Å²) in [5.74, 6) is 0. The van der Waals surface area contributed by atoms with Crippen molar-refractivity contribution >= 4 is 17.9 Å². The van der Waals surface area contributed by atoms with Gasteiger partial charge in [0, 0.05) is 0 Å². The normalized spacial score (nSPS) is 19.9. The summed E-state index contributed by atoms with van der Waals surface area (Å²) in [6.45, 7) is 3.91. The molecule has 0 spiro atoms. The van der Waals surface area contributed by atoms with E-state index in [0.717, 1.165) is 22.5 Å². The van der Waals surface area contributed by atoms with Gasteiger partial charge >= 0.3 is 6.09 Å². The minimum Gasteiger partial charge on any atom is -0.439 e. The van der Waals surface area contributed by atoms with E-state index in [9.17, 15) is 4.79 Å². The van der Waals surface area contributed by atoms with Crippen LogP contribution in [0.15, 0.2) is 60.3 Å². The van der Waals surface area contributed by atoms with Crippen LogP contribution in [0, 0.1) is 6.92 Å². The minimum absolute atomic E-state index is 0.251. The number of hydrogen-bond donors (Lipinski definition) is 0. The maximum Gasteiger partial charge on any atom is 0.419 e. The van der Waals surface area contributed by atoms with Gasteiger partial charge < -0.3 is 4.74 Å². The Kier molecular flexibility index (Phi) is 3.48. The zero-order valence-electron chi connectivity index (χ0n) is 12.1. The SMILES string of the molecule is Cc1ccc(N2C(=O)OC(C)/C2=C\c2ccccc2)cc1. The second kappa shape index (κ2) is 5.44. The Morgan fingerprint density at radius 1 is 1.05 bits per heavy atom. The second-order valence-electron chi connectivity index (χ2n) is 5.18. The molecule has 106 valence electrons. The van der Waals surface area contributed by atoms with Crippen LogP contribution in [0.1, 0.15) is 18.1 Å². The lowest BCUT2D eigenvalue weighted by Gasteiger charge is -2.16. The molecule has 0 aromatic heterocycles. The highest BCUT2D eigenvalue weighted by Crippen LogP contribution is 2.31. The van der Waals surface area contributed by atoms with Gasteiger partial charge in [-0.15, -0.1) is 0 Å². The molecule has 1 heterocycles. The van der Waals surface area contributed by atoms with E-state index < -0.39 is 0 Å². The molecule has 3 heteroatoms. The number of rotatable bonds is 2. The number of amides is 1. The van der Waals surface area contributed by atoms with E-state index in [-0.39, 0.29) is 12.2 Å². The maximum absolute atomic E-state index is 12.1. The summed E-state index contributed by atoms with van der Waals surface area (Å²) in [6.07, 6.45) is 1.42. The van der Waals surface area contributed by atoms with Gasteiger partial charge in [0.15, 0.2) is 0 Å². The van der Waals surface area contributed by atoms with Gasteiger partial charge in [-0.3, -0.25) is 0 Å². The molecule has 3 nitrogen and oxygen atoms in total. The van der Waals surface area contributed by atoms with Crippen molar-refractivity contribution in [1.29, 1.82) is 0 Å². The highest BCUT2D eigenvalue weighted by molar-refractivity contribution is 5.96. The third-order valence-corrected chi connectivity index (χ3v) is 3.54. The Hall–Kier alpha value is -2.55. The fourth-order valence-corrected chi connectivity index (χ4v) is 2.40. The molecule has 0 radical (unpaired) electrons. The Labute approximate surface area is 124 Å². The van der Waals surface area contributed by atoms with Gasteiger partial charge in [-0.1, -0.05) is 48.0 Å². The van der Waals surface area contributed by atoms with E-state index in [1.54, 1.807) is 4.90 Å². The molecule has 1 saturated heterocycles. The van der Waals surface area contributed by atoms with Crippen LogP contribution < -0.4 is 4.90 Å². The molecule has 1 aliphatic heterocycles. The van der Waals surface area contributed by atoms with Gasteiger partial charge in [0.2, 0.25) is 0 Å². The molecule has 1 aliphatic rings. The summed E-state index contributed by atoms with van der Waals surface area (Å²) in [5.41, 5.74) is 3.90. The molecule has 1 unspecified atom stereocenters. The number of cyclic esters (lactones) is 1. The van der Waals surface area contributed by atoms with E-state index in [4.69, 9.17) is 4.74 Å². The largest absolute Gasteiger partial charge is 0.439 e. The molecule has 1 fully saturated rings. The zero-order chi connectivity index (χ0) is 14.8. The molecular formula is C18H17NO2. The lowest BCUT2D eigenvalue weighted by molar-refractivity contribution is 0.154. The van der Waals surface area contributed by atoms with E-state index in [1.807, 2.05) is 74.5 Å². The molecule has 21 heavy (non-hydrogen) atoms. The third-order valence-electron chi connectivity index (χ3n) is 3.54. The van der Waals surface area contributed by atoms with Crippen LogP contribution in [-0.4, -0.2) is 12.2 Å². The first-order chi connectivity index (χ1) is 10.1. The van der Waals surface area contributed by atoms with Crippen LogP contribution in [0.4, 0.5) is 10.5 Å². The molecule has 3 rings (SSSR count). The van der Waals surface area contributed by atoms with Crippen LogP contribution >= 0.6 is 0 Å². The Balaban J connectivity index is 2.02. The number of anilines is 1. The van der Waals surface area contributed by atoms with Crippen LogP contribution in [0.2, 0.25) is 0 Å². The number of carbonyl (C=O) groups excluding carboxylic acids is 1. The summed E-state index contributed by atoms with van der Waals surface area (Å²) in [7, 11) is 0. The van der Waals surface area contributed by atoms with Crippen molar-refractivity contribution in [1.82, 2.24) is 0 Å². The Bertz CT molecular complexity index is 674. The van der Waals surface area contributed by atoms with Crippen molar-refractivity contribution in [3.63, 3.8) is 0 Å². The number of carbonyl (C=O) groups is 1. The van der Waals surface area contributed by atoms with E-state index in [2.05, 4.69) is 0 Å². The fraction of sp³-hybridized carbons (Fsp3) is 0.167. The molecule has 1 atom stereocenters. The van der Waals surface area contributed by atoms with Crippen molar-refractivity contribution in [2.45, 2.75) is 20.0 Å². The van der Waals surface area contributed by atoms with E-state index >= 15 is 0 Å². The van der Waals surface area contributed by atoms with Crippen LogP contribution in [0.3, 0.4) is 0 Å². The molecule has 0 bridgehead atoms. The summed E-state index contributed by atoms with van der Waals surface area (Å²) < 4.78 is 5.36. The Morgan fingerprint density at radius 2 is 1.71 bits per heavy atom. The lowest BCUT2D eigenvalue weighted by atomic mass is 10.1. The fourth-order valence-electron chi connectivity index (χ4n) is 2.40. The number of ether oxygens (including phenoxy) is 1. The van der Waals surface area contributed by atoms with Gasteiger partial charge in [0.1, 0.15) is 6.10 Å². The first-order valence-electron chi connectivity index (χ1n) is 6.99. The van der Waals surface area contributed by atoms with Crippen molar-refractivity contribution in [3.05, 3.63) is 71.4 Å². The molecule has 0 N–H and O–H groups in total. The number of hydrogen-bond acceptors (Lipinski definition) is 2. The van der Waals surface area contributed by atoms with Gasteiger partial charge in [-0.2, -0.15) is 0 Å². The van der Waals surface area contributed by atoms with Crippen molar-refractivity contribution in [3.8, 4) is 0 Å². The highest BCUT2D eigenvalue weighted by Gasteiger charge is 2.34. The smallest absolute Gasteiger partial charge is 0.419 e. The number of aryl methyl sites for hydroxylation is 1. The van der Waals surface area contributed by atoms with Gasteiger partial charge in [0.25, 0.3) is 0 Å². The number of benzene rings is 2. The van der Waals surface area contributed by atoms with Crippen molar-refractivity contribution in [2.24, 2.45) is 0 Å². The summed E-state index contributed by atoms with van der Waals surface area (Å²) in [5, 5.41) is 0. The van der Waals surface area contributed by atoms with Crippen molar-refractivity contribution in [2.75, 3.05) is 4.90 Å². The highest BCUT2D eigenvalue weighted by atomic mass is 16.6. The van der Waals surface area contributed by atoms with Gasteiger partial charge in [0.05, 0.1) is 11.4 Å². The van der Waals surface area contributed by atoms with Crippen LogP contribution in [-0.2, 0) is 4.74 Å². The average molecular weight is 279 g/mol. The van der Waals surface area contributed by atoms with Crippen molar-refractivity contribution < 1.29 is 9.53 Å². The second-order valence-corrected chi connectivity index (χ2v) is 5.18. The van der Waals surface area contributed by atoms with Crippen LogP contribution in [0.25, 0.3) is 6.08 Å². The summed E-state index contributed by atoms with van der Waals surface area (Å²) in [6, 6.07) is 17.8. The van der Waals surface area contributed by atoms with Gasteiger partial charge in [-0.05, 0) is 37.6 Å². The molecule has 2 aromatic carbocycles. The summed E-state index contributed by atoms with van der Waals surface area (Å²) >= 11 is 0. The molecule has 0 aliphatic carbocycles. The Morgan fingerprint density at radius 3 is 2.38 bits per heavy atom. The predicted octanol–water partition coefficient (Wildman–Crippen LogP) is 4.38. The third kappa shape index (κ3) is 2.68. The average Bonchev–Trinajstić information content (AvgIpc) is 2.76. The molecule has 2 aromatic rings. The standard InChI is InChI=1S/C18H17NO2/c1-13-8-10-16(11-9-13)19-17(14(2)21-18(19)20)12-15-6-4-3-5-7-15/h3-12,14H,1-2H3/b17-12+. The summed E-state index contributed by atoms with van der Waals surface area (Å²) in [4.78, 5) is 13.8. The monoisotopic (exact) mass is 279 g/mol. The predicted molar refractivity (Wildman–Crippen MR) is 84.0 cm³/mol. The number of nitrogens with zero attached hydrogens (tertiary/aromatic N) is 1. The topological polar surface area (TPSA) is 29.5 Å². The van der Waals surface area contributed by atoms with E-state index in [0.29, 0.717) is 0 Å². The zero-order valence-corrected chi connectivity index (χ0v) is 12.1. The first-order valence-corrected chi connectivity index (χ1v) is 6.99. The first kappa shape index (κ1) is 13.4. The molecule has 1 amide bonds. The minimum atomic E-state index is -0.325. The van der Waals surface area contributed by atoms with Crippen LogP contribution in [0.5, 0.6) is 0 Å². The maximum atomic E-state index is 12.1. The molecular weight excluding hydrogens is 262 g/mol. The van der Waals surface area contributed by atoms with E-state index in [1.165, 1.54) is 0 Å². The molecule has 0 saturated carbocycles. The lowest BCUT2D eigenvalue weighted by Crippen LogP contribution is -2.22. The quantitative estimate of drug-likeness (QED) is 0.816. The van der Waals surface area contributed by atoms with Gasteiger partial charge in [-0.25, -0.2) is 9.69 Å².